The predicted molar refractivity (Wildman–Crippen MR) is 58.1 cm³/mol. The summed E-state index contributed by atoms with van der Waals surface area (Å²) in [6.45, 7) is 7.73. The molecule has 79 valence electrons. The Labute approximate surface area is 100.0 Å². The molecule has 6 heteroatoms. The van der Waals surface area contributed by atoms with Crippen LogP contribution in [0.4, 0.5) is 0 Å². The van der Waals surface area contributed by atoms with Crippen LogP contribution in [-0.2, 0) is 17.1 Å². The van der Waals surface area contributed by atoms with Crippen molar-refractivity contribution in [2.75, 3.05) is 32.7 Å². The zero-order valence-corrected chi connectivity index (χ0v) is 10.2. The molecule has 3 nitrogen and oxygen atoms in total. The minimum Gasteiger partial charge on any atom is -0.384 e. The van der Waals surface area contributed by atoms with Crippen LogP contribution in [0, 0.1) is 0 Å². The first kappa shape index (κ1) is 13.7. The number of thiocarbonyl (C=S) groups is 1. The Morgan fingerprint density at radius 3 is 2.31 bits per heavy atom. The second-order valence-corrected chi connectivity index (χ2v) is 4.61. The van der Waals surface area contributed by atoms with Gasteiger partial charge in [-0.15, -0.1) is 0 Å². The van der Waals surface area contributed by atoms with Gasteiger partial charge in [-0.2, -0.15) is 0 Å². The van der Waals surface area contributed by atoms with Crippen LogP contribution in [-0.4, -0.2) is 46.2 Å². The summed E-state index contributed by atoms with van der Waals surface area (Å²) >= 11 is 6.32. The summed E-state index contributed by atoms with van der Waals surface area (Å²) in [4.78, 5) is 2.43. The van der Waals surface area contributed by atoms with Crippen molar-refractivity contribution in [2.45, 2.75) is 6.92 Å². The molecule has 1 rings (SSSR count). The molecule has 0 amide bonds. The first-order valence-electron chi connectivity index (χ1n) is 4.17. The molecule has 0 aromatic carbocycles. The molecule has 0 saturated carbocycles. The van der Waals surface area contributed by atoms with E-state index < -0.39 is 0 Å². The van der Waals surface area contributed by atoms with E-state index in [4.69, 9.17) is 18.0 Å². The predicted octanol–water partition coefficient (Wildman–Crippen LogP) is 0.513. The fourth-order valence-corrected chi connectivity index (χ4v) is 2.18. The molecule has 0 aliphatic carbocycles. The molecule has 1 saturated heterocycles. The van der Waals surface area contributed by atoms with Crippen molar-refractivity contribution < 1.29 is 17.1 Å². The van der Waals surface area contributed by atoms with Crippen molar-refractivity contribution in [2.24, 2.45) is 5.73 Å². The Bertz CT molecular complexity index is 160. The van der Waals surface area contributed by atoms with E-state index in [1.807, 2.05) is 0 Å². The molecule has 0 aromatic heterocycles. The minimum absolute atomic E-state index is 0. The molecule has 1 fully saturated rings. The Hall–Kier alpha value is 0.679. The van der Waals surface area contributed by atoms with Crippen LogP contribution in [0.2, 0.25) is 0 Å². The first-order valence-corrected chi connectivity index (χ1v) is 5.35. The fourth-order valence-electron chi connectivity index (χ4n) is 1.26. The van der Waals surface area contributed by atoms with Crippen molar-refractivity contribution in [3.8, 4) is 0 Å². The van der Waals surface area contributed by atoms with Crippen LogP contribution >= 0.6 is 24.2 Å². The van der Waals surface area contributed by atoms with E-state index in [-0.39, 0.29) is 17.1 Å². The van der Waals surface area contributed by atoms with Gasteiger partial charge in [0.25, 0.3) is 0 Å². The molecule has 1 aliphatic rings. The molecule has 0 spiro atoms. The number of likely N-dealkylation sites (N-methyl/N-ethyl adjacent to an activating group) is 1. The van der Waals surface area contributed by atoms with Crippen LogP contribution in [0.1, 0.15) is 6.92 Å². The summed E-state index contributed by atoms with van der Waals surface area (Å²) in [5, 5.41) is 0. The summed E-state index contributed by atoms with van der Waals surface area (Å²) < 4.78 is 2.76. The Morgan fingerprint density at radius 1 is 1.38 bits per heavy atom. The maximum absolute atomic E-state index is 5.43. The standard InChI is InChI=1S/C7H15N3S2.Cu/c1-2-9-3-5-10(6-4-9)12-7(8)11;/h2-6H2,1H3,(H2,8,11);/q;+2. The second-order valence-electron chi connectivity index (χ2n) is 2.77. The smallest absolute Gasteiger partial charge is 0.384 e. The van der Waals surface area contributed by atoms with Crippen LogP contribution in [0.25, 0.3) is 0 Å². The molecule has 1 radical (unpaired) electrons. The zero-order valence-electron chi connectivity index (χ0n) is 7.63. The molecule has 0 aromatic rings. The summed E-state index contributed by atoms with van der Waals surface area (Å²) in [6, 6.07) is 0. The zero-order chi connectivity index (χ0) is 8.97. The maximum Gasteiger partial charge on any atom is 2.00 e. The van der Waals surface area contributed by atoms with Gasteiger partial charge in [-0.3, -0.25) is 0 Å². The summed E-state index contributed by atoms with van der Waals surface area (Å²) in [6.07, 6.45) is 0. The summed E-state index contributed by atoms with van der Waals surface area (Å²) in [5.74, 6) is 0. The molecular weight excluding hydrogens is 254 g/mol. The van der Waals surface area contributed by atoms with Gasteiger partial charge in [-0.1, -0.05) is 19.1 Å². The number of hydrogen-bond donors (Lipinski definition) is 1. The van der Waals surface area contributed by atoms with Gasteiger partial charge in [0, 0.05) is 26.2 Å². The second kappa shape index (κ2) is 7.04. The molecule has 1 aliphatic heterocycles. The van der Waals surface area contributed by atoms with E-state index in [1.54, 1.807) is 0 Å². The third-order valence-electron chi connectivity index (χ3n) is 2.00. The van der Waals surface area contributed by atoms with E-state index in [0.717, 1.165) is 32.7 Å². The molecule has 0 bridgehead atoms. The average molecular weight is 269 g/mol. The van der Waals surface area contributed by atoms with Crippen molar-refractivity contribution in [1.29, 1.82) is 0 Å². The van der Waals surface area contributed by atoms with Gasteiger partial charge in [0.15, 0.2) is 0 Å². The number of rotatable bonds is 2. The summed E-state index contributed by atoms with van der Waals surface area (Å²) in [5.41, 5.74) is 5.43. The van der Waals surface area contributed by atoms with Crippen molar-refractivity contribution >= 4 is 28.5 Å². The number of piperazine rings is 1. The molecule has 1 heterocycles. The molecule has 0 unspecified atom stereocenters. The van der Waals surface area contributed by atoms with E-state index in [2.05, 4.69) is 16.1 Å². The topological polar surface area (TPSA) is 32.5 Å². The maximum atomic E-state index is 5.43. The van der Waals surface area contributed by atoms with Gasteiger partial charge < -0.3 is 10.6 Å². The van der Waals surface area contributed by atoms with Crippen LogP contribution < -0.4 is 5.73 Å². The van der Waals surface area contributed by atoms with Gasteiger partial charge in [-0.25, -0.2) is 4.31 Å². The monoisotopic (exact) mass is 268 g/mol. The van der Waals surface area contributed by atoms with Crippen molar-refractivity contribution in [3.63, 3.8) is 0 Å². The minimum atomic E-state index is 0. The summed E-state index contributed by atoms with van der Waals surface area (Å²) in [7, 11) is 0. The van der Waals surface area contributed by atoms with Gasteiger partial charge in [0.2, 0.25) is 0 Å². The van der Waals surface area contributed by atoms with Crippen molar-refractivity contribution in [3.05, 3.63) is 0 Å². The van der Waals surface area contributed by atoms with Crippen LogP contribution in [0.5, 0.6) is 0 Å². The number of nitrogens with zero attached hydrogens (tertiary/aromatic N) is 2. The fraction of sp³-hybridized carbons (Fsp3) is 0.857. The largest absolute Gasteiger partial charge is 2.00 e. The molecule has 13 heavy (non-hydrogen) atoms. The normalized spacial score (nSPS) is 19.5. The number of hydrogen-bond acceptors (Lipinski definition) is 4. The molecule has 2 N–H and O–H groups in total. The average Bonchev–Trinajstić information content (AvgIpc) is 2.05. The third-order valence-corrected chi connectivity index (χ3v) is 3.02. The van der Waals surface area contributed by atoms with Gasteiger partial charge in [0.1, 0.15) is 4.32 Å². The molecular formula is C7H15CuN3S2+2. The Kier molecular flexibility index (Phi) is 7.40. The van der Waals surface area contributed by atoms with E-state index in [0.29, 0.717) is 4.32 Å². The third kappa shape index (κ3) is 5.20. The van der Waals surface area contributed by atoms with Gasteiger partial charge in [-0.05, 0) is 18.5 Å². The van der Waals surface area contributed by atoms with Gasteiger partial charge in [0.05, 0.1) is 0 Å². The Morgan fingerprint density at radius 2 is 1.92 bits per heavy atom. The van der Waals surface area contributed by atoms with Gasteiger partial charge >= 0.3 is 17.1 Å². The first-order chi connectivity index (χ1) is 5.72. The number of nitrogens with two attached hydrogens (primary N) is 1. The quantitative estimate of drug-likeness (QED) is 0.448. The SMILES string of the molecule is CCN1CCN(SC(N)=S)CC1.[Cu+2]. The van der Waals surface area contributed by atoms with E-state index >= 15 is 0 Å². The van der Waals surface area contributed by atoms with Crippen molar-refractivity contribution in [1.82, 2.24) is 9.21 Å². The van der Waals surface area contributed by atoms with E-state index in [1.165, 1.54) is 11.9 Å². The van der Waals surface area contributed by atoms with Crippen LogP contribution in [0.15, 0.2) is 0 Å². The van der Waals surface area contributed by atoms with E-state index in [9.17, 15) is 0 Å². The van der Waals surface area contributed by atoms with Crippen LogP contribution in [0.3, 0.4) is 0 Å². The molecule has 0 atom stereocenters. The Balaban J connectivity index is 0.00000144.